The molecular formula is C20H21N7OS. The number of hydrogen-bond acceptors (Lipinski definition) is 6. The molecule has 1 aromatic carbocycles. The molecule has 0 spiro atoms. The van der Waals surface area contributed by atoms with Gasteiger partial charge < -0.3 is 5.32 Å². The number of aryl methyl sites for hydroxylation is 4. The topological polar surface area (TPSA) is 90.0 Å². The maximum absolute atomic E-state index is 12.5. The summed E-state index contributed by atoms with van der Waals surface area (Å²) < 4.78 is 3.42. The number of carbonyl (C=O) groups is 1. The van der Waals surface area contributed by atoms with E-state index in [-0.39, 0.29) is 11.7 Å². The fraction of sp³-hybridized carbons (Fsp3) is 0.250. The van der Waals surface area contributed by atoms with Gasteiger partial charge in [0.05, 0.1) is 17.1 Å². The van der Waals surface area contributed by atoms with Crippen LogP contribution in [-0.4, -0.2) is 41.0 Å². The molecule has 9 heteroatoms. The smallest absolute Gasteiger partial charge is 0.253 e. The lowest BCUT2D eigenvalue weighted by Gasteiger charge is -2.08. The van der Waals surface area contributed by atoms with E-state index in [1.54, 1.807) is 9.20 Å². The molecule has 1 N–H and O–H groups in total. The number of thioether (sulfide) groups is 1. The number of hydrogen-bond donors (Lipinski definition) is 1. The number of carbonyl (C=O) groups excluding carboxylic acids is 1. The summed E-state index contributed by atoms with van der Waals surface area (Å²) in [7, 11) is 0. The molecule has 0 saturated carbocycles. The molecule has 0 saturated heterocycles. The van der Waals surface area contributed by atoms with Crippen molar-refractivity contribution in [3.05, 3.63) is 59.0 Å². The first-order valence-corrected chi connectivity index (χ1v) is 10.1. The second kappa shape index (κ2) is 7.67. The fourth-order valence-corrected chi connectivity index (χ4v) is 3.61. The molecular weight excluding hydrogens is 386 g/mol. The van der Waals surface area contributed by atoms with Gasteiger partial charge in [-0.2, -0.15) is 10.1 Å². The number of anilines is 1. The number of amides is 1. The van der Waals surface area contributed by atoms with Gasteiger partial charge in [-0.05, 0) is 45.9 Å². The molecule has 0 radical (unpaired) electrons. The summed E-state index contributed by atoms with van der Waals surface area (Å²) in [5.41, 5.74) is 4.72. The van der Waals surface area contributed by atoms with E-state index in [9.17, 15) is 4.79 Å². The first kappa shape index (κ1) is 19.1. The number of nitrogens with one attached hydrogen (secondary N) is 1. The van der Waals surface area contributed by atoms with Crippen LogP contribution in [0.1, 0.15) is 22.6 Å². The van der Waals surface area contributed by atoms with Crippen LogP contribution in [0.2, 0.25) is 0 Å². The van der Waals surface area contributed by atoms with Gasteiger partial charge in [0.25, 0.3) is 5.78 Å². The lowest BCUT2D eigenvalue weighted by atomic mass is 10.2. The highest BCUT2D eigenvalue weighted by Gasteiger charge is 2.14. The van der Waals surface area contributed by atoms with Crippen molar-refractivity contribution in [2.75, 3.05) is 11.1 Å². The maximum atomic E-state index is 12.5. The van der Waals surface area contributed by atoms with Crippen LogP contribution in [0.4, 0.5) is 5.82 Å². The molecule has 0 atom stereocenters. The van der Waals surface area contributed by atoms with Crippen molar-refractivity contribution in [2.45, 2.75) is 32.9 Å². The number of aromatic nitrogens is 6. The van der Waals surface area contributed by atoms with E-state index < -0.39 is 0 Å². The molecule has 4 aromatic rings. The Kier molecular flexibility index (Phi) is 5.06. The minimum absolute atomic E-state index is 0.150. The van der Waals surface area contributed by atoms with Crippen molar-refractivity contribution in [3.8, 4) is 5.69 Å². The summed E-state index contributed by atoms with van der Waals surface area (Å²) in [4.78, 5) is 21.3. The van der Waals surface area contributed by atoms with Gasteiger partial charge in [-0.15, -0.1) is 5.10 Å². The summed E-state index contributed by atoms with van der Waals surface area (Å²) in [6.07, 6.45) is 0. The lowest BCUT2D eigenvalue weighted by Crippen LogP contribution is -2.17. The van der Waals surface area contributed by atoms with Crippen molar-refractivity contribution < 1.29 is 4.79 Å². The van der Waals surface area contributed by atoms with Crippen molar-refractivity contribution in [1.82, 2.24) is 29.4 Å². The zero-order valence-corrected chi connectivity index (χ0v) is 17.5. The summed E-state index contributed by atoms with van der Waals surface area (Å²) >= 11 is 1.27. The Labute approximate surface area is 172 Å². The van der Waals surface area contributed by atoms with E-state index in [0.29, 0.717) is 16.8 Å². The molecule has 0 unspecified atom stereocenters. The first-order chi connectivity index (χ1) is 13.9. The Balaban J connectivity index is 1.47. The fourth-order valence-electron chi connectivity index (χ4n) is 2.99. The van der Waals surface area contributed by atoms with E-state index in [2.05, 4.69) is 25.5 Å². The number of benzene rings is 1. The molecule has 0 aliphatic rings. The van der Waals surface area contributed by atoms with Crippen LogP contribution in [0, 0.1) is 27.7 Å². The van der Waals surface area contributed by atoms with Crippen molar-refractivity contribution in [2.24, 2.45) is 0 Å². The minimum Gasteiger partial charge on any atom is -0.310 e. The van der Waals surface area contributed by atoms with Gasteiger partial charge in [0.15, 0.2) is 0 Å². The highest BCUT2D eigenvalue weighted by atomic mass is 32.2. The number of rotatable bonds is 5. The van der Waals surface area contributed by atoms with Gasteiger partial charge in [-0.1, -0.05) is 29.5 Å². The molecule has 148 valence electrons. The molecule has 0 fully saturated rings. The average molecular weight is 408 g/mol. The Morgan fingerprint density at radius 3 is 2.52 bits per heavy atom. The molecule has 0 aliphatic carbocycles. The summed E-state index contributed by atoms with van der Waals surface area (Å²) in [5, 5.41) is 12.4. The van der Waals surface area contributed by atoms with Crippen LogP contribution in [0.3, 0.4) is 0 Å². The van der Waals surface area contributed by atoms with Crippen molar-refractivity contribution in [3.63, 3.8) is 0 Å². The maximum Gasteiger partial charge on any atom is 0.253 e. The standard InChI is InChI=1S/C20H21N7OS/c1-12-5-7-16(8-6-12)27-17(10-14(3)24-27)22-18(28)11-29-20-23-19-21-13(2)9-15(4)26(19)25-20/h5-10H,11H2,1-4H3,(H,22,28). The Morgan fingerprint density at radius 2 is 1.76 bits per heavy atom. The van der Waals surface area contributed by atoms with Gasteiger partial charge in [0.2, 0.25) is 11.1 Å². The third-order valence-electron chi connectivity index (χ3n) is 4.31. The zero-order valence-electron chi connectivity index (χ0n) is 16.7. The van der Waals surface area contributed by atoms with E-state index in [1.807, 2.05) is 64.1 Å². The lowest BCUT2D eigenvalue weighted by molar-refractivity contribution is -0.113. The van der Waals surface area contributed by atoms with Crippen LogP contribution in [-0.2, 0) is 4.79 Å². The first-order valence-electron chi connectivity index (χ1n) is 9.16. The molecule has 0 aliphatic heterocycles. The van der Waals surface area contributed by atoms with E-state index in [4.69, 9.17) is 0 Å². The molecule has 4 rings (SSSR count). The van der Waals surface area contributed by atoms with Crippen LogP contribution < -0.4 is 5.32 Å². The highest BCUT2D eigenvalue weighted by molar-refractivity contribution is 7.99. The second-order valence-corrected chi connectivity index (χ2v) is 7.84. The summed E-state index contributed by atoms with van der Waals surface area (Å²) in [5.74, 6) is 1.21. The average Bonchev–Trinajstić information content (AvgIpc) is 3.24. The quantitative estimate of drug-likeness (QED) is 0.511. The molecule has 1 amide bonds. The Morgan fingerprint density at radius 1 is 1.00 bits per heavy atom. The van der Waals surface area contributed by atoms with Crippen LogP contribution >= 0.6 is 11.8 Å². The van der Waals surface area contributed by atoms with Gasteiger partial charge in [0.1, 0.15) is 5.82 Å². The van der Waals surface area contributed by atoms with Gasteiger partial charge in [0, 0.05) is 17.5 Å². The SMILES string of the molecule is Cc1ccc(-n2nc(C)cc2NC(=O)CSc2nc3nc(C)cc(C)n3n2)cc1. The van der Waals surface area contributed by atoms with Gasteiger partial charge in [-0.25, -0.2) is 14.2 Å². The third-order valence-corrected chi connectivity index (χ3v) is 5.15. The van der Waals surface area contributed by atoms with Gasteiger partial charge in [-0.3, -0.25) is 4.79 Å². The van der Waals surface area contributed by atoms with E-state index >= 15 is 0 Å². The van der Waals surface area contributed by atoms with Gasteiger partial charge >= 0.3 is 0 Å². The zero-order chi connectivity index (χ0) is 20.5. The van der Waals surface area contributed by atoms with Crippen LogP contribution in [0.5, 0.6) is 0 Å². The highest BCUT2D eigenvalue weighted by Crippen LogP contribution is 2.19. The normalized spacial score (nSPS) is 11.2. The largest absolute Gasteiger partial charge is 0.310 e. The summed E-state index contributed by atoms with van der Waals surface area (Å²) in [6, 6.07) is 11.8. The Bertz CT molecular complexity index is 1190. The van der Waals surface area contributed by atoms with Crippen LogP contribution in [0.25, 0.3) is 11.5 Å². The Hall–Kier alpha value is -3.20. The molecule has 8 nitrogen and oxygen atoms in total. The second-order valence-electron chi connectivity index (χ2n) is 6.90. The molecule has 3 aromatic heterocycles. The predicted molar refractivity (Wildman–Crippen MR) is 113 cm³/mol. The number of nitrogens with zero attached hydrogens (tertiary/aromatic N) is 6. The van der Waals surface area contributed by atoms with Crippen molar-refractivity contribution >= 4 is 29.3 Å². The number of fused-ring (bicyclic) bond motifs is 1. The molecule has 0 bridgehead atoms. The van der Waals surface area contributed by atoms with Crippen LogP contribution in [0.15, 0.2) is 41.6 Å². The monoisotopic (exact) mass is 407 g/mol. The molecule has 29 heavy (non-hydrogen) atoms. The predicted octanol–water partition coefficient (Wildman–Crippen LogP) is 3.27. The minimum atomic E-state index is -0.150. The third kappa shape index (κ3) is 4.14. The molecule has 3 heterocycles. The van der Waals surface area contributed by atoms with E-state index in [1.165, 1.54) is 17.3 Å². The summed E-state index contributed by atoms with van der Waals surface area (Å²) in [6.45, 7) is 7.80. The van der Waals surface area contributed by atoms with Crippen molar-refractivity contribution in [1.29, 1.82) is 0 Å². The van der Waals surface area contributed by atoms with E-state index in [0.717, 1.165) is 22.8 Å².